The van der Waals surface area contributed by atoms with Gasteiger partial charge in [0.15, 0.2) is 0 Å². The average molecular weight is 406 g/mol. The van der Waals surface area contributed by atoms with E-state index in [1.165, 1.54) is 18.9 Å². The summed E-state index contributed by atoms with van der Waals surface area (Å²) in [6.07, 6.45) is -5.15. The maximum Gasteiger partial charge on any atom is 0.449 e. The molecule has 160 valence electrons. The Labute approximate surface area is 163 Å². The number of hydrogen-bond donors (Lipinski definition) is 1. The van der Waals surface area contributed by atoms with Crippen LogP contribution in [-0.4, -0.2) is 65.2 Å². The number of nitrogens with zero attached hydrogens (tertiary/aromatic N) is 3. The lowest BCUT2D eigenvalue weighted by Crippen LogP contribution is -2.55. The molecule has 1 fully saturated rings. The van der Waals surface area contributed by atoms with Crippen molar-refractivity contribution in [2.24, 2.45) is 10.9 Å². The van der Waals surface area contributed by atoms with E-state index in [0.29, 0.717) is 13.0 Å². The Kier molecular flexibility index (Phi) is 7.50. The van der Waals surface area contributed by atoms with Crippen molar-refractivity contribution in [3.8, 4) is 0 Å². The topological polar surface area (TPSA) is 74.2 Å². The third-order valence-electron chi connectivity index (χ3n) is 4.17. The van der Waals surface area contributed by atoms with Gasteiger partial charge in [0.05, 0.1) is 6.17 Å². The van der Waals surface area contributed by atoms with Gasteiger partial charge in [-0.1, -0.05) is 13.5 Å². The van der Waals surface area contributed by atoms with Crippen LogP contribution in [0.25, 0.3) is 0 Å². The number of carbonyl (C=O) groups is 2. The Balaban J connectivity index is 2.90. The fourth-order valence-corrected chi connectivity index (χ4v) is 2.85. The molecule has 1 rings (SSSR count). The molecule has 1 aliphatic rings. The summed E-state index contributed by atoms with van der Waals surface area (Å²) >= 11 is 0. The molecule has 0 radical (unpaired) electrons. The van der Waals surface area contributed by atoms with Gasteiger partial charge in [0.1, 0.15) is 11.6 Å². The summed E-state index contributed by atoms with van der Waals surface area (Å²) in [5, 5.41) is 2.52. The van der Waals surface area contributed by atoms with E-state index in [4.69, 9.17) is 4.74 Å². The van der Waals surface area contributed by atoms with Crippen molar-refractivity contribution < 1.29 is 27.5 Å². The zero-order valence-electron chi connectivity index (χ0n) is 17.1. The van der Waals surface area contributed by atoms with Crippen molar-refractivity contribution >= 4 is 17.8 Å². The second kappa shape index (κ2) is 8.83. The van der Waals surface area contributed by atoms with Crippen LogP contribution in [0.15, 0.2) is 17.8 Å². The molecular weight excluding hydrogens is 377 g/mol. The van der Waals surface area contributed by atoms with Gasteiger partial charge in [-0.3, -0.25) is 9.69 Å². The van der Waals surface area contributed by atoms with Gasteiger partial charge < -0.3 is 15.0 Å². The molecule has 0 aromatic carbocycles. The Hall–Kier alpha value is -2.26. The SMILES string of the molecule is C=C/N=C(\N(C)C(C)NC(=O)[C@@H]1C[C@@H](C)CN1C(=O)OC(C)(C)C)C(F)(F)F. The Morgan fingerprint density at radius 1 is 1.36 bits per heavy atom. The van der Waals surface area contributed by atoms with Gasteiger partial charge in [0, 0.05) is 19.8 Å². The number of aliphatic imine (C=N–C) groups is 1. The van der Waals surface area contributed by atoms with Crippen LogP contribution < -0.4 is 5.32 Å². The fourth-order valence-electron chi connectivity index (χ4n) is 2.85. The molecule has 2 amide bonds. The molecule has 1 N–H and O–H groups in total. The van der Waals surface area contributed by atoms with E-state index < -0.39 is 41.8 Å². The molecule has 1 heterocycles. The summed E-state index contributed by atoms with van der Waals surface area (Å²) in [7, 11) is 1.17. The van der Waals surface area contributed by atoms with Crippen molar-refractivity contribution in [1.82, 2.24) is 15.1 Å². The Bertz CT molecular complexity index is 629. The van der Waals surface area contributed by atoms with Crippen LogP contribution in [0.4, 0.5) is 18.0 Å². The lowest BCUT2D eigenvalue weighted by Gasteiger charge is -2.32. The number of alkyl halides is 3. The molecular formula is C18H29F3N4O3. The minimum atomic E-state index is -4.70. The highest BCUT2D eigenvalue weighted by atomic mass is 19.4. The maximum atomic E-state index is 13.1. The third-order valence-corrected chi connectivity index (χ3v) is 4.17. The van der Waals surface area contributed by atoms with E-state index in [2.05, 4.69) is 16.9 Å². The largest absolute Gasteiger partial charge is 0.449 e. The highest BCUT2D eigenvalue weighted by Gasteiger charge is 2.42. The summed E-state index contributed by atoms with van der Waals surface area (Å²) in [6.45, 7) is 12.0. The van der Waals surface area contributed by atoms with E-state index in [0.717, 1.165) is 11.1 Å². The molecule has 0 aromatic heterocycles. The van der Waals surface area contributed by atoms with Crippen molar-refractivity contribution in [3.05, 3.63) is 12.8 Å². The van der Waals surface area contributed by atoms with E-state index in [9.17, 15) is 22.8 Å². The molecule has 0 spiro atoms. The first-order valence-corrected chi connectivity index (χ1v) is 8.96. The second-order valence-corrected chi connectivity index (χ2v) is 7.92. The van der Waals surface area contributed by atoms with Crippen LogP contribution in [0.1, 0.15) is 41.0 Å². The third kappa shape index (κ3) is 6.42. The molecule has 1 saturated heterocycles. The standard InChI is InChI=1S/C18H29F3N4O3/c1-8-22-15(18(19,20)21)24(7)12(3)23-14(26)13-9-11(2)10-25(13)16(27)28-17(4,5)6/h8,11-13H,1,9-10H2,2-7H3,(H,23,26)/b22-15-/t11-,12?,13+/m1/s1. The predicted octanol–water partition coefficient (Wildman–Crippen LogP) is 3.13. The number of ether oxygens (including phenoxy) is 1. The van der Waals surface area contributed by atoms with Crippen LogP contribution in [0.2, 0.25) is 0 Å². The molecule has 0 aromatic rings. The Morgan fingerprint density at radius 3 is 2.39 bits per heavy atom. The maximum absolute atomic E-state index is 13.1. The van der Waals surface area contributed by atoms with E-state index in [1.54, 1.807) is 20.8 Å². The van der Waals surface area contributed by atoms with Crippen molar-refractivity contribution in [2.75, 3.05) is 13.6 Å². The first kappa shape index (κ1) is 23.8. The highest BCUT2D eigenvalue weighted by Crippen LogP contribution is 2.26. The van der Waals surface area contributed by atoms with E-state index >= 15 is 0 Å². The fraction of sp³-hybridized carbons (Fsp3) is 0.722. The number of rotatable bonds is 4. The predicted molar refractivity (Wildman–Crippen MR) is 99.6 cm³/mol. The number of nitrogens with one attached hydrogen (secondary N) is 1. The minimum absolute atomic E-state index is 0.0596. The van der Waals surface area contributed by atoms with Crippen LogP contribution in [0, 0.1) is 5.92 Å². The van der Waals surface area contributed by atoms with Crippen LogP contribution in [0.3, 0.4) is 0 Å². The lowest BCUT2D eigenvalue weighted by molar-refractivity contribution is -0.127. The summed E-state index contributed by atoms with van der Waals surface area (Å²) in [4.78, 5) is 30.5. The van der Waals surface area contributed by atoms with Crippen molar-refractivity contribution in [2.45, 2.75) is 65.0 Å². The van der Waals surface area contributed by atoms with E-state index in [-0.39, 0.29) is 5.92 Å². The Morgan fingerprint density at radius 2 is 1.93 bits per heavy atom. The molecule has 7 nitrogen and oxygen atoms in total. The number of hydrogen-bond acceptors (Lipinski definition) is 4. The van der Waals surface area contributed by atoms with Gasteiger partial charge in [-0.05, 0) is 40.0 Å². The molecule has 10 heteroatoms. The summed E-state index contributed by atoms with van der Waals surface area (Å²) in [6, 6.07) is -0.814. The van der Waals surface area contributed by atoms with Gasteiger partial charge in [-0.15, -0.1) is 0 Å². The lowest BCUT2D eigenvalue weighted by atomic mass is 10.1. The molecule has 1 unspecified atom stereocenters. The van der Waals surface area contributed by atoms with Gasteiger partial charge >= 0.3 is 12.3 Å². The molecule has 28 heavy (non-hydrogen) atoms. The molecule has 0 saturated carbocycles. The summed E-state index contributed by atoms with van der Waals surface area (Å²) in [5.41, 5.74) is -0.722. The molecule has 1 aliphatic heterocycles. The van der Waals surface area contributed by atoms with Gasteiger partial charge in [0.25, 0.3) is 0 Å². The first-order valence-electron chi connectivity index (χ1n) is 8.96. The number of amides is 2. The summed E-state index contributed by atoms with van der Waals surface area (Å²) in [5.74, 6) is -1.67. The number of halogens is 3. The number of amidine groups is 1. The van der Waals surface area contributed by atoms with Gasteiger partial charge in [-0.2, -0.15) is 13.2 Å². The summed E-state index contributed by atoms with van der Waals surface area (Å²) < 4.78 is 44.7. The quantitative estimate of drug-likeness (QED) is 0.442. The smallest absolute Gasteiger partial charge is 0.444 e. The first-order chi connectivity index (χ1) is 12.7. The molecule has 0 bridgehead atoms. The number of carbonyl (C=O) groups excluding carboxylic acids is 2. The molecule has 3 atom stereocenters. The monoisotopic (exact) mass is 406 g/mol. The average Bonchev–Trinajstić information content (AvgIpc) is 2.91. The van der Waals surface area contributed by atoms with Crippen LogP contribution >= 0.6 is 0 Å². The normalized spacial score (nSPS) is 21.9. The van der Waals surface area contributed by atoms with Crippen LogP contribution in [0.5, 0.6) is 0 Å². The second-order valence-electron chi connectivity index (χ2n) is 7.92. The number of likely N-dealkylation sites (tertiary alicyclic amines) is 1. The van der Waals surface area contributed by atoms with Crippen LogP contribution in [-0.2, 0) is 9.53 Å². The van der Waals surface area contributed by atoms with Gasteiger partial charge in [0.2, 0.25) is 11.7 Å². The zero-order chi connectivity index (χ0) is 21.9. The minimum Gasteiger partial charge on any atom is -0.444 e. The van der Waals surface area contributed by atoms with E-state index in [1.807, 2.05) is 6.92 Å². The van der Waals surface area contributed by atoms with Crippen molar-refractivity contribution in [3.63, 3.8) is 0 Å². The highest BCUT2D eigenvalue weighted by molar-refractivity contribution is 5.90. The van der Waals surface area contributed by atoms with Crippen molar-refractivity contribution in [1.29, 1.82) is 0 Å². The van der Waals surface area contributed by atoms with Gasteiger partial charge in [-0.25, -0.2) is 9.79 Å². The zero-order valence-corrected chi connectivity index (χ0v) is 17.1. The molecule has 0 aliphatic carbocycles.